The molecule has 1 rings (SSSR count). The highest BCUT2D eigenvalue weighted by atomic mass is 79.9. The van der Waals surface area contributed by atoms with E-state index in [1.807, 2.05) is 13.8 Å². The number of alkyl halides is 3. The first-order valence-corrected chi connectivity index (χ1v) is 7.05. The number of hydrogen-bond donors (Lipinski definition) is 2. The minimum Gasteiger partial charge on any atom is -0.357 e. The van der Waals surface area contributed by atoms with Crippen molar-refractivity contribution in [1.29, 1.82) is 0 Å². The van der Waals surface area contributed by atoms with Crippen molar-refractivity contribution >= 4 is 21.9 Å². The summed E-state index contributed by atoms with van der Waals surface area (Å²) >= 11 is 3.06. The standard InChI is InChI=1S/C13H17BrF3N3/c1-3-18-12(19-4-2)20-8-9-5-6-10(14)7-11(9)13(15,16)17/h5-7H,3-4,8H2,1-2H3,(H2,18,19,20). The maximum absolute atomic E-state index is 12.9. The maximum Gasteiger partial charge on any atom is 0.416 e. The number of benzene rings is 1. The quantitative estimate of drug-likeness (QED) is 0.642. The van der Waals surface area contributed by atoms with Crippen LogP contribution in [0.1, 0.15) is 25.0 Å². The van der Waals surface area contributed by atoms with E-state index < -0.39 is 11.7 Å². The minimum absolute atomic E-state index is 0.0303. The summed E-state index contributed by atoms with van der Waals surface area (Å²) in [6.07, 6.45) is -4.38. The zero-order valence-electron chi connectivity index (χ0n) is 11.3. The lowest BCUT2D eigenvalue weighted by molar-refractivity contribution is -0.138. The number of aliphatic imine (C=N–C) groups is 1. The average Bonchev–Trinajstić information content (AvgIpc) is 2.36. The third kappa shape index (κ3) is 5.03. The van der Waals surface area contributed by atoms with Crippen LogP contribution in [0.3, 0.4) is 0 Å². The number of hydrogen-bond acceptors (Lipinski definition) is 1. The van der Waals surface area contributed by atoms with Gasteiger partial charge in [0.1, 0.15) is 0 Å². The summed E-state index contributed by atoms with van der Waals surface area (Å²) in [4.78, 5) is 4.16. The number of halogens is 4. The molecule has 7 heteroatoms. The second kappa shape index (κ2) is 7.52. The lowest BCUT2D eigenvalue weighted by Gasteiger charge is -2.13. The van der Waals surface area contributed by atoms with Gasteiger partial charge in [0.05, 0.1) is 12.1 Å². The Bertz CT molecular complexity index is 464. The molecule has 0 heterocycles. The molecule has 20 heavy (non-hydrogen) atoms. The van der Waals surface area contributed by atoms with Crippen LogP contribution in [0.2, 0.25) is 0 Å². The van der Waals surface area contributed by atoms with Gasteiger partial charge in [-0.25, -0.2) is 4.99 Å². The Morgan fingerprint density at radius 2 is 1.80 bits per heavy atom. The summed E-state index contributed by atoms with van der Waals surface area (Å²) in [5, 5.41) is 5.94. The number of rotatable bonds is 4. The Kier molecular flexibility index (Phi) is 6.32. The lowest BCUT2D eigenvalue weighted by Crippen LogP contribution is -2.37. The predicted molar refractivity (Wildman–Crippen MR) is 77.6 cm³/mol. The van der Waals surface area contributed by atoms with Crippen molar-refractivity contribution in [2.45, 2.75) is 26.6 Å². The van der Waals surface area contributed by atoms with E-state index in [-0.39, 0.29) is 12.1 Å². The van der Waals surface area contributed by atoms with E-state index in [9.17, 15) is 13.2 Å². The number of nitrogens with zero attached hydrogens (tertiary/aromatic N) is 1. The van der Waals surface area contributed by atoms with Crippen molar-refractivity contribution in [1.82, 2.24) is 10.6 Å². The molecule has 112 valence electrons. The van der Waals surface area contributed by atoms with Gasteiger partial charge in [0.2, 0.25) is 0 Å². The SMILES string of the molecule is CCNC(=NCc1ccc(Br)cc1C(F)(F)F)NCC. The van der Waals surface area contributed by atoms with E-state index in [1.54, 1.807) is 6.07 Å². The fraction of sp³-hybridized carbons (Fsp3) is 0.462. The van der Waals surface area contributed by atoms with Crippen molar-refractivity contribution in [3.63, 3.8) is 0 Å². The first-order chi connectivity index (χ1) is 9.38. The van der Waals surface area contributed by atoms with Crippen LogP contribution in [-0.4, -0.2) is 19.0 Å². The van der Waals surface area contributed by atoms with Gasteiger partial charge in [-0.1, -0.05) is 22.0 Å². The van der Waals surface area contributed by atoms with Crippen LogP contribution < -0.4 is 10.6 Å². The van der Waals surface area contributed by atoms with Crippen LogP contribution in [0.4, 0.5) is 13.2 Å². The first kappa shape index (κ1) is 16.8. The van der Waals surface area contributed by atoms with E-state index in [0.717, 1.165) is 6.07 Å². The predicted octanol–water partition coefficient (Wildman–Crippen LogP) is 3.54. The van der Waals surface area contributed by atoms with E-state index >= 15 is 0 Å². The molecule has 1 aromatic rings. The third-order valence-electron chi connectivity index (χ3n) is 2.47. The molecule has 3 nitrogen and oxygen atoms in total. The molecule has 0 unspecified atom stereocenters. The summed E-state index contributed by atoms with van der Waals surface area (Å²) in [6, 6.07) is 4.09. The van der Waals surface area contributed by atoms with Gasteiger partial charge in [0.25, 0.3) is 0 Å². The number of nitrogens with one attached hydrogen (secondary N) is 2. The zero-order valence-corrected chi connectivity index (χ0v) is 12.9. The minimum atomic E-state index is -4.38. The molecule has 0 spiro atoms. The fourth-order valence-electron chi connectivity index (χ4n) is 1.62. The van der Waals surface area contributed by atoms with Crippen molar-refractivity contribution < 1.29 is 13.2 Å². The van der Waals surface area contributed by atoms with Gasteiger partial charge >= 0.3 is 6.18 Å². The average molecular weight is 352 g/mol. The Morgan fingerprint density at radius 3 is 2.30 bits per heavy atom. The molecule has 0 amide bonds. The number of guanidine groups is 1. The van der Waals surface area contributed by atoms with E-state index in [0.29, 0.717) is 23.5 Å². The van der Waals surface area contributed by atoms with Gasteiger partial charge in [0.15, 0.2) is 5.96 Å². The largest absolute Gasteiger partial charge is 0.416 e. The fourth-order valence-corrected chi connectivity index (χ4v) is 1.98. The van der Waals surface area contributed by atoms with E-state index in [2.05, 4.69) is 31.6 Å². The Labute approximate surface area is 124 Å². The molecule has 1 aromatic carbocycles. The van der Waals surface area contributed by atoms with Gasteiger partial charge in [-0.05, 0) is 31.5 Å². The van der Waals surface area contributed by atoms with Crippen molar-refractivity contribution in [2.24, 2.45) is 4.99 Å². The topological polar surface area (TPSA) is 36.4 Å². The van der Waals surface area contributed by atoms with Gasteiger partial charge in [0, 0.05) is 17.6 Å². The zero-order chi connectivity index (χ0) is 15.2. The van der Waals surface area contributed by atoms with Crippen molar-refractivity contribution in [2.75, 3.05) is 13.1 Å². The molecule has 0 aliphatic carbocycles. The van der Waals surface area contributed by atoms with Gasteiger partial charge in [-0.3, -0.25) is 0 Å². The molecule has 2 N–H and O–H groups in total. The summed E-state index contributed by atoms with van der Waals surface area (Å²) in [7, 11) is 0. The lowest BCUT2D eigenvalue weighted by atomic mass is 10.1. The van der Waals surface area contributed by atoms with Crippen molar-refractivity contribution in [3.05, 3.63) is 33.8 Å². The van der Waals surface area contributed by atoms with Gasteiger partial charge in [-0.15, -0.1) is 0 Å². The molecule has 0 aromatic heterocycles. The second-order valence-electron chi connectivity index (χ2n) is 4.02. The van der Waals surface area contributed by atoms with Gasteiger partial charge in [-0.2, -0.15) is 13.2 Å². The molecule has 0 bridgehead atoms. The Morgan fingerprint density at radius 1 is 1.20 bits per heavy atom. The molecule has 0 saturated carbocycles. The molecular formula is C13H17BrF3N3. The van der Waals surface area contributed by atoms with Crippen LogP contribution in [0.25, 0.3) is 0 Å². The maximum atomic E-state index is 12.9. The second-order valence-corrected chi connectivity index (χ2v) is 4.94. The van der Waals surface area contributed by atoms with Gasteiger partial charge < -0.3 is 10.6 Å². The molecule has 0 fully saturated rings. The molecule has 0 aliphatic rings. The molecule has 0 saturated heterocycles. The molecular weight excluding hydrogens is 335 g/mol. The van der Waals surface area contributed by atoms with Crippen molar-refractivity contribution in [3.8, 4) is 0 Å². The molecule has 0 radical (unpaired) electrons. The van der Waals surface area contributed by atoms with Crippen LogP contribution in [0, 0.1) is 0 Å². The van der Waals surface area contributed by atoms with E-state index in [4.69, 9.17) is 0 Å². The molecule has 0 aliphatic heterocycles. The summed E-state index contributed by atoms with van der Waals surface area (Å²) < 4.78 is 39.2. The third-order valence-corrected chi connectivity index (χ3v) is 2.97. The van der Waals surface area contributed by atoms with Crippen LogP contribution in [0.5, 0.6) is 0 Å². The summed E-state index contributed by atoms with van der Waals surface area (Å²) in [6.45, 7) is 5.06. The highest BCUT2D eigenvalue weighted by molar-refractivity contribution is 9.10. The van der Waals surface area contributed by atoms with Crippen LogP contribution in [-0.2, 0) is 12.7 Å². The highest BCUT2D eigenvalue weighted by Gasteiger charge is 2.33. The summed E-state index contributed by atoms with van der Waals surface area (Å²) in [5.41, 5.74) is -0.517. The summed E-state index contributed by atoms with van der Waals surface area (Å²) in [5.74, 6) is 0.506. The Hall–Kier alpha value is -1.24. The first-order valence-electron chi connectivity index (χ1n) is 6.26. The van der Waals surface area contributed by atoms with Crippen LogP contribution in [0.15, 0.2) is 27.7 Å². The smallest absolute Gasteiger partial charge is 0.357 e. The van der Waals surface area contributed by atoms with Crippen LogP contribution >= 0.6 is 15.9 Å². The normalized spacial score (nSPS) is 11.1. The Balaban J connectivity index is 2.99. The highest BCUT2D eigenvalue weighted by Crippen LogP contribution is 2.34. The monoisotopic (exact) mass is 351 g/mol. The van der Waals surface area contributed by atoms with E-state index in [1.165, 1.54) is 6.07 Å². The molecule has 0 atom stereocenters.